The van der Waals surface area contributed by atoms with Crippen LogP contribution in [0, 0.1) is 0 Å². The van der Waals surface area contributed by atoms with E-state index < -0.39 is 12.0 Å². The van der Waals surface area contributed by atoms with Gasteiger partial charge >= 0.3 is 5.97 Å². The average molecular weight is 301 g/mol. The van der Waals surface area contributed by atoms with Crippen molar-refractivity contribution in [1.29, 1.82) is 0 Å². The number of nitrogens with zero attached hydrogens (tertiary/aromatic N) is 1. The number of hydrogen-bond acceptors (Lipinski definition) is 3. The normalized spacial score (nSPS) is 11.9. The van der Waals surface area contributed by atoms with Crippen molar-refractivity contribution >= 4 is 29.1 Å². The van der Waals surface area contributed by atoms with Crippen LogP contribution in [-0.2, 0) is 4.79 Å². The van der Waals surface area contributed by atoms with Gasteiger partial charge in [0.2, 0.25) is 0 Å². The molecule has 0 fully saturated rings. The van der Waals surface area contributed by atoms with Crippen molar-refractivity contribution in [3.63, 3.8) is 0 Å². The number of carboxylic acid groups (broad SMARTS) is 1. The lowest BCUT2D eigenvalue weighted by Crippen LogP contribution is -2.38. The van der Waals surface area contributed by atoms with Gasteiger partial charge in [0.05, 0.1) is 0 Å². The molecule has 0 amide bonds. The van der Waals surface area contributed by atoms with E-state index in [0.29, 0.717) is 6.42 Å². The molecule has 0 saturated carbocycles. The van der Waals surface area contributed by atoms with E-state index in [1.807, 2.05) is 71.8 Å². The molecule has 1 N–H and O–H groups in total. The predicted molar refractivity (Wildman–Crippen MR) is 89.4 cm³/mol. The maximum Gasteiger partial charge on any atom is 0.326 e. The molecule has 3 nitrogen and oxygen atoms in total. The van der Waals surface area contributed by atoms with E-state index in [1.165, 1.54) is 0 Å². The Morgan fingerprint density at radius 2 is 1.52 bits per heavy atom. The summed E-state index contributed by atoms with van der Waals surface area (Å²) in [5.41, 5.74) is 1.80. The molecule has 0 saturated heterocycles. The van der Waals surface area contributed by atoms with Crippen molar-refractivity contribution < 1.29 is 9.90 Å². The number of carboxylic acids is 1. The van der Waals surface area contributed by atoms with Crippen molar-refractivity contribution in [2.75, 3.05) is 16.9 Å². The van der Waals surface area contributed by atoms with Crippen LogP contribution in [0.5, 0.6) is 0 Å². The Morgan fingerprint density at radius 1 is 1.05 bits per heavy atom. The summed E-state index contributed by atoms with van der Waals surface area (Å²) >= 11 is 1.67. The minimum atomic E-state index is -0.795. The van der Waals surface area contributed by atoms with Gasteiger partial charge in [-0.1, -0.05) is 36.4 Å². The van der Waals surface area contributed by atoms with Crippen molar-refractivity contribution in [1.82, 2.24) is 0 Å². The highest BCUT2D eigenvalue weighted by molar-refractivity contribution is 7.98. The van der Waals surface area contributed by atoms with Gasteiger partial charge in [0, 0.05) is 11.4 Å². The van der Waals surface area contributed by atoms with Crippen LogP contribution in [0.25, 0.3) is 0 Å². The Labute approximate surface area is 129 Å². The number of anilines is 2. The SMILES string of the molecule is CSCC[C@@H](C(=O)O)N(c1ccccc1)c1ccccc1. The zero-order valence-corrected chi connectivity index (χ0v) is 12.8. The summed E-state index contributed by atoms with van der Waals surface area (Å²) in [5, 5.41) is 9.64. The lowest BCUT2D eigenvalue weighted by Gasteiger charge is -2.31. The summed E-state index contributed by atoms with van der Waals surface area (Å²) in [6, 6.07) is 18.8. The zero-order chi connectivity index (χ0) is 15.1. The number of thioether (sulfide) groups is 1. The molecule has 0 aliphatic heterocycles. The Hall–Kier alpha value is -1.94. The summed E-state index contributed by atoms with van der Waals surface area (Å²) in [6.07, 6.45) is 2.59. The predicted octanol–water partition coefficient (Wildman–Crippen LogP) is 4.03. The maximum atomic E-state index is 11.7. The number of benzene rings is 2. The second kappa shape index (κ2) is 7.74. The molecule has 110 valence electrons. The lowest BCUT2D eigenvalue weighted by molar-refractivity contribution is -0.138. The van der Waals surface area contributed by atoms with Crippen LogP contribution in [0.15, 0.2) is 60.7 Å². The largest absolute Gasteiger partial charge is 0.480 e. The van der Waals surface area contributed by atoms with E-state index >= 15 is 0 Å². The third kappa shape index (κ3) is 4.02. The van der Waals surface area contributed by atoms with Gasteiger partial charge in [-0.3, -0.25) is 0 Å². The number of carbonyl (C=O) groups is 1. The first kappa shape index (κ1) is 15.4. The van der Waals surface area contributed by atoms with E-state index in [4.69, 9.17) is 0 Å². The summed E-state index contributed by atoms with van der Waals surface area (Å²) in [5.74, 6) is 0.0180. The van der Waals surface area contributed by atoms with Crippen LogP contribution in [-0.4, -0.2) is 29.1 Å². The van der Waals surface area contributed by atoms with Gasteiger partial charge in [-0.25, -0.2) is 4.79 Å². The molecular weight excluding hydrogens is 282 g/mol. The molecule has 2 aromatic rings. The highest BCUT2D eigenvalue weighted by Crippen LogP contribution is 2.29. The average Bonchev–Trinajstić information content (AvgIpc) is 2.53. The number of rotatable bonds is 7. The first-order valence-corrected chi connectivity index (χ1v) is 8.24. The molecular formula is C17H19NO2S. The van der Waals surface area contributed by atoms with Gasteiger partial charge in [-0.2, -0.15) is 11.8 Å². The van der Waals surface area contributed by atoms with E-state index in [9.17, 15) is 9.90 Å². The second-order valence-electron chi connectivity index (χ2n) is 4.68. The zero-order valence-electron chi connectivity index (χ0n) is 12.0. The van der Waals surface area contributed by atoms with Crippen LogP contribution in [0.4, 0.5) is 11.4 Å². The Bertz CT molecular complexity index is 520. The van der Waals surface area contributed by atoms with Crippen molar-refractivity contribution in [2.45, 2.75) is 12.5 Å². The van der Waals surface area contributed by atoms with Gasteiger partial charge < -0.3 is 10.0 Å². The van der Waals surface area contributed by atoms with Crippen LogP contribution >= 0.6 is 11.8 Å². The van der Waals surface area contributed by atoms with E-state index in [0.717, 1.165) is 17.1 Å². The fourth-order valence-corrected chi connectivity index (χ4v) is 2.74. The molecule has 2 aromatic carbocycles. The monoisotopic (exact) mass is 301 g/mol. The Balaban J connectivity index is 2.42. The van der Waals surface area contributed by atoms with Crippen LogP contribution in [0.1, 0.15) is 6.42 Å². The topological polar surface area (TPSA) is 40.5 Å². The van der Waals surface area contributed by atoms with Crippen LogP contribution in [0.3, 0.4) is 0 Å². The molecule has 0 aromatic heterocycles. The number of aliphatic carboxylic acids is 1. The summed E-state index contributed by atoms with van der Waals surface area (Å²) in [7, 11) is 0. The highest BCUT2D eigenvalue weighted by Gasteiger charge is 2.26. The molecule has 0 bridgehead atoms. The first-order chi connectivity index (χ1) is 10.2. The molecule has 0 spiro atoms. The lowest BCUT2D eigenvalue weighted by atomic mass is 10.1. The minimum Gasteiger partial charge on any atom is -0.480 e. The number of para-hydroxylation sites is 2. The van der Waals surface area contributed by atoms with Crippen LogP contribution in [0.2, 0.25) is 0 Å². The fraction of sp³-hybridized carbons (Fsp3) is 0.235. The maximum absolute atomic E-state index is 11.7. The smallest absolute Gasteiger partial charge is 0.326 e. The van der Waals surface area contributed by atoms with Gasteiger partial charge in [0.15, 0.2) is 0 Å². The van der Waals surface area contributed by atoms with E-state index in [-0.39, 0.29) is 0 Å². The van der Waals surface area contributed by atoms with E-state index in [1.54, 1.807) is 11.8 Å². The Kier molecular flexibility index (Phi) is 5.69. The van der Waals surface area contributed by atoms with Crippen molar-refractivity contribution in [2.24, 2.45) is 0 Å². The molecule has 0 aliphatic rings. The Morgan fingerprint density at radius 3 is 1.90 bits per heavy atom. The van der Waals surface area contributed by atoms with E-state index in [2.05, 4.69) is 0 Å². The number of hydrogen-bond donors (Lipinski definition) is 1. The molecule has 4 heteroatoms. The standard InChI is InChI=1S/C17H19NO2S/c1-21-13-12-16(17(19)20)18(14-8-4-2-5-9-14)15-10-6-3-7-11-15/h2-11,16H,12-13H2,1H3,(H,19,20)/t16-/m0/s1. The molecule has 21 heavy (non-hydrogen) atoms. The molecule has 0 radical (unpaired) electrons. The highest BCUT2D eigenvalue weighted by atomic mass is 32.2. The third-order valence-corrected chi connectivity index (χ3v) is 3.90. The second-order valence-corrected chi connectivity index (χ2v) is 5.66. The summed E-state index contributed by atoms with van der Waals surface area (Å²) < 4.78 is 0. The van der Waals surface area contributed by atoms with Gasteiger partial charge in [0.25, 0.3) is 0 Å². The quantitative estimate of drug-likeness (QED) is 0.838. The first-order valence-electron chi connectivity index (χ1n) is 6.85. The fourth-order valence-electron chi connectivity index (χ4n) is 2.28. The summed E-state index contributed by atoms with van der Waals surface area (Å²) in [4.78, 5) is 13.6. The molecule has 0 unspecified atom stereocenters. The van der Waals surface area contributed by atoms with Crippen molar-refractivity contribution in [3.8, 4) is 0 Å². The van der Waals surface area contributed by atoms with Gasteiger partial charge in [-0.15, -0.1) is 0 Å². The van der Waals surface area contributed by atoms with Gasteiger partial charge in [-0.05, 0) is 42.7 Å². The van der Waals surface area contributed by atoms with Gasteiger partial charge in [0.1, 0.15) is 6.04 Å². The van der Waals surface area contributed by atoms with Crippen LogP contribution < -0.4 is 4.90 Å². The third-order valence-electron chi connectivity index (χ3n) is 3.26. The minimum absolute atomic E-state index is 0.567. The molecule has 2 rings (SSSR count). The van der Waals surface area contributed by atoms with Crippen molar-refractivity contribution in [3.05, 3.63) is 60.7 Å². The molecule has 1 atom stereocenters. The molecule has 0 aliphatic carbocycles. The molecule has 0 heterocycles. The summed E-state index contributed by atoms with van der Waals surface area (Å²) in [6.45, 7) is 0.